The number of rotatable bonds is 6. The number of hydrogen-bond donors (Lipinski definition) is 1. The van der Waals surface area contributed by atoms with E-state index in [0.717, 1.165) is 28.2 Å². The first-order chi connectivity index (χ1) is 12.2. The number of nitrogens with one attached hydrogen (secondary N) is 1. The lowest BCUT2D eigenvalue weighted by Gasteiger charge is -2.16. The fourth-order valence-electron chi connectivity index (χ4n) is 1.99. The largest absolute Gasteiger partial charge is 0.272 e. The Balaban J connectivity index is 1.98. The van der Waals surface area contributed by atoms with E-state index in [1.165, 1.54) is 19.2 Å². The van der Waals surface area contributed by atoms with Crippen molar-refractivity contribution in [1.29, 1.82) is 0 Å². The molecule has 9 heteroatoms. The molecule has 0 aliphatic carbocycles. The molecule has 138 valence electrons. The molecule has 1 N–H and O–H groups in total. The Kier molecular flexibility index (Phi) is 6.17. The summed E-state index contributed by atoms with van der Waals surface area (Å²) in [6.45, 7) is 1.36. The minimum atomic E-state index is -3.82. The van der Waals surface area contributed by atoms with Crippen molar-refractivity contribution < 1.29 is 22.0 Å². The van der Waals surface area contributed by atoms with E-state index >= 15 is 0 Å². The molecule has 0 bridgehead atoms. The summed E-state index contributed by atoms with van der Waals surface area (Å²) in [6.07, 6.45) is 1.00. The Morgan fingerprint density at radius 2 is 1.85 bits per heavy atom. The van der Waals surface area contributed by atoms with E-state index in [9.17, 15) is 22.0 Å². The molecule has 2 aromatic carbocycles. The van der Waals surface area contributed by atoms with Crippen LogP contribution in [0.3, 0.4) is 0 Å². The van der Waals surface area contributed by atoms with Crippen molar-refractivity contribution in [2.45, 2.75) is 11.8 Å². The number of likely N-dealkylation sites (N-methyl/N-ethyl adjacent to an activating group) is 1. The Morgan fingerprint density at radius 3 is 2.46 bits per heavy atom. The summed E-state index contributed by atoms with van der Waals surface area (Å²) in [5.41, 5.74) is 2.99. The molecule has 0 fully saturated rings. The van der Waals surface area contributed by atoms with Gasteiger partial charge in [-0.25, -0.2) is 22.6 Å². The number of halogens is 2. The molecule has 0 atom stereocenters. The Labute approximate surface area is 150 Å². The molecule has 0 saturated heterocycles. The molecule has 6 nitrogen and oxygen atoms in total. The van der Waals surface area contributed by atoms with E-state index in [2.05, 4.69) is 10.5 Å². The highest BCUT2D eigenvalue weighted by molar-refractivity contribution is 7.89. The molecule has 0 saturated carbocycles. The van der Waals surface area contributed by atoms with Gasteiger partial charge in [0, 0.05) is 18.7 Å². The van der Waals surface area contributed by atoms with Crippen LogP contribution in [0.2, 0.25) is 0 Å². The second-order valence-corrected chi connectivity index (χ2v) is 7.58. The molecule has 0 heterocycles. The maximum atomic E-state index is 13.4. The van der Waals surface area contributed by atoms with Crippen LogP contribution in [0.15, 0.2) is 52.5 Å². The van der Waals surface area contributed by atoms with Crippen LogP contribution in [0, 0.1) is 18.6 Å². The quantitative estimate of drug-likeness (QED) is 0.614. The number of hydrazone groups is 1. The van der Waals surface area contributed by atoms with E-state index in [1.807, 2.05) is 6.92 Å². The molecule has 0 spiro atoms. The van der Waals surface area contributed by atoms with Gasteiger partial charge in [0.25, 0.3) is 5.91 Å². The fraction of sp³-hybridized carbons (Fsp3) is 0.176. The molecule has 0 radical (unpaired) electrons. The van der Waals surface area contributed by atoms with Gasteiger partial charge in [-0.3, -0.25) is 4.79 Å². The molecule has 0 aliphatic heterocycles. The number of amides is 1. The van der Waals surface area contributed by atoms with Gasteiger partial charge in [-0.15, -0.1) is 0 Å². The number of benzene rings is 2. The summed E-state index contributed by atoms with van der Waals surface area (Å²) in [4.78, 5) is 11.9. The predicted molar refractivity (Wildman–Crippen MR) is 93.1 cm³/mol. The van der Waals surface area contributed by atoms with E-state index in [4.69, 9.17) is 0 Å². The van der Waals surface area contributed by atoms with Crippen LogP contribution in [0.5, 0.6) is 0 Å². The normalized spacial score (nSPS) is 11.9. The maximum Gasteiger partial charge on any atom is 0.255 e. The summed E-state index contributed by atoms with van der Waals surface area (Å²) < 4.78 is 51.8. The molecule has 0 aromatic heterocycles. The van der Waals surface area contributed by atoms with E-state index < -0.39 is 34.1 Å². The van der Waals surface area contributed by atoms with E-state index in [-0.39, 0.29) is 10.5 Å². The van der Waals surface area contributed by atoms with Crippen molar-refractivity contribution in [3.05, 3.63) is 65.2 Å². The number of carbonyl (C=O) groups excluding carboxylic acids is 1. The summed E-state index contributed by atoms with van der Waals surface area (Å²) in [5, 5.41) is 3.54. The Bertz CT molecular complexity index is 929. The standard InChI is InChI=1S/C17H17F2N3O3S/c1-12-3-7-15(8-4-12)26(24,25)22(2)11-17(23)21-20-10-13-5-6-14(18)9-16(13)19/h3-10H,11H2,1-2H3,(H,21,23)/b20-10-. The molecule has 0 aliphatic rings. The van der Waals surface area contributed by atoms with Crippen LogP contribution in [0.25, 0.3) is 0 Å². The average molecular weight is 381 g/mol. The monoisotopic (exact) mass is 381 g/mol. The smallest absolute Gasteiger partial charge is 0.255 e. The van der Waals surface area contributed by atoms with Crippen molar-refractivity contribution in [3.63, 3.8) is 0 Å². The summed E-state index contributed by atoms with van der Waals surface area (Å²) in [5.74, 6) is -2.27. The van der Waals surface area contributed by atoms with Crippen LogP contribution in [-0.2, 0) is 14.8 Å². The first-order valence-corrected chi connectivity index (χ1v) is 8.94. The molecule has 2 rings (SSSR count). The lowest BCUT2D eigenvalue weighted by atomic mass is 10.2. The predicted octanol–water partition coefficient (Wildman–Crippen LogP) is 2.04. The summed E-state index contributed by atoms with van der Waals surface area (Å²) in [7, 11) is -2.56. The highest BCUT2D eigenvalue weighted by atomic mass is 32.2. The van der Waals surface area contributed by atoms with E-state index in [0.29, 0.717) is 6.07 Å². The zero-order chi connectivity index (χ0) is 19.3. The van der Waals surface area contributed by atoms with Crippen LogP contribution in [-0.4, -0.2) is 38.4 Å². The van der Waals surface area contributed by atoms with Crippen molar-refractivity contribution in [3.8, 4) is 0 Å². The number of nitrogens with zero attached hydrogens (tertiary/aromatic N) is 2. The second kappa shape index (κ2) is 8.15. The van der Waals surface area contributed by atoms with Crippen LogP contribution in [0.1, 0.15) is 11.1 Å². The highest BCUT2D eigenvalue weighted by Crippen LogP contribution is 2.14. The van der Waals surface area contributed by atoms with Crippen molar-refractivity contribution >= 4 is 22.1 Å². The van der Waals surface area contributed by atoms with Gasteiger partial charge in [0.05, 0.1) is 17.7 Å². The zero-order valence-electron chi connectivity index (χ0n) is 14.1. The highest BCUT2D eigenvalue weighted by Gasteiger charge is 2.22. The lowest BCUT2D eigenvalue weighted by Crippen LogP contribution is -2.36. The van der Waals surface area contributed by atoms with Gasteiger partial charge in [-0.1, -0.05) is 17.7 Å². The van der Waals surface area contributed by atoms with Gasteiger partial charge in [0.2, 0.25) is 10.0 Å². The fourth-order valence-corrected chi connectivity index (χ4v) is 3.12. The maximum absolute atomic E-state index is 13.4. The van der Waals surface area contributed by atoms with Crippen molar-refractivity contribution in [1.82, 2.24) is 9.73 Å². The van der Waals surface area contributed by atoms with Crippen molar-refractivity contribution in [2.75, 3.05) is 13.6 Å². The molecule has 0 unspecified atom stereocenters. The summed E-state index contributed by atoms with van der Waals surface area (Å²) >= 11 is 0. The Hall–Kier alpha value is -2.65. The third-order valence-electron chi connectivity index (χ3n) is 3.45. The number of sulfonamides is 1. The van der Waals surface area contributed by atoms with E-state index in [1.54, 1.807) is 12.1 Å². The Morgan fingerprint density at radius 1 is 1.19 bits per heavy atom. The SMILES string of the molecule is Cc1ccc(S(=O)(=O)N(C)CC(=O)N/N=C\c2ccc(F)cc2F)cc1. The van der Waals surface area contributed by atoms with Crippen LogP contribution < -0.4 is 5.43 Å². The van der Waals surface area contributed by atoms with Gasteiger partial charge < -0.3 is 0 Å². The van der Waals surface area contributed by atoms with Gasteiger partial charge >= 0.3 is 0 Å². The lowest BCUT2D eigenvalue weighted by molar-refractivity contribution is -0.121. The number of carbonyl (C=O) groups is 1. The molecule has 2 aromatic rings. The van der Waals surface area contributed by atoms with Gasteiger partial charge in [-0.2, -0.15) is 9.41 Å². The second-order valence-electron chi connectivity index (χ2n) is 5.53. The number of aryl methyl sites for hydroxylation is 1. The number of hydrogen-bond acceptors (Lipinski definition) is 4. The molecule has 1 amide bonds. The van der Waals surface area contributed by atoms with Crippen molar-refractivity contribution in [2.24, 2.45) is 5.10 Å². The third kappa shape index (κ3) is 4.93. The first-order valence-electron chi connectivity index (χ1n) is 7.50. The zero-order valence-corrected chi connectivity index (χ0v) is 14.9. The minimum Gasteiger partial charge on any atom is -0.272 e. The molecular weight excluding hydrogens is 364 g/mol. The molecular formula is C17H17F2N3O3S. The first kappa shape index (κ1) is 19.7. The van der Waals surface area contributed by atoms with Gasteiger partial charge in [0.15, 0.2) is 0 Å². The topological polar surface area (TPSA) is 78.8 Å². The summed E-state index contributed by atoms with van der Waals surface area (Å²) in [6, 6.07) is 9.11. The third-order valence-corrected chi connectivity index (χ3v) is 5.27. The van der Waals surface area contributed by atoms with Gasteiger partial charge in [0.1, 0.15) is 11.6 Å². The molecule has 26 heavy (non-hydrogen) atoms. The average Bonchev–Trinajstić information content (AvgIpc) is 2.57. The minimum absolute atomic E-state index is 0.0210. The van der Waals surface area contributed by atoms with Crippen LogP contribution in [0.4, 0.5) is 8.78 Å². The van der Waals surface area contributed by atoms with Gasteiger partial charge in [-0.05, 0) is 31.2 Å². The van der Waals surface area contributed by atoms with Crippen LogP contribution >= 0.6 is 0 Å².